The van der Waals surface area contributed by atoms with E-state index in [9.17, 15) is 26.9 Å². The van der Waals surface area contributed by atoms with E-state index >= 15 is 0 Å². The summed E-state index contributed by atoms with van der Waals surface area (Å²) in [4.78, 5) is 17.1. The molecule has 1 aliphatic heterocycles. The van der Waals surface area contributed by atoms with Crippen molar-refractivity contribution in [3.05, 3.63) is 59.8 Å². The average molecular weight is 474 g/mol. The van der Waals surface area contributed by atoms with Crippen LogP contribution in [0, 0.1) is 18.3 Å². The maximum atomic E-state index is 12.9. The first-order chi connectivity index (χ1) is 15.1. The lowest BCUT2D eigenvalue weighted by atomic mass is 10.1. The summed E-state index contributed by atoms with van der Waals surface area (Å²) in [6.45, 7) is 1.24. The number of sulfonamides is 1. The summed E-state index contributed by atoms with van der Waals surface area (Å²) in [5.74, 6) is -0.517. The summed E-state index contributed by atoms with van der Waals surface area (Å²) < 4.78 is 52.7. The number of aryl methyl sites for hydroxylation is 1. The number of nitrogens with zero attached hydrogens (tertiary/aromatic N) is 3. The van der Waals surface area contributed by atoms with Crippen molar-refractivity contribution >= 4 is 42.7 Å². The third-order valence-corrected chi connectivity index (χ3v) is 8.83. The Morgan fingerprint density at radius 2 is 1.78 bits per heavy atom. The number of amides is 1. The molecule has 0 saturated carbocycles. The van der Waals surface area contributed by atoms with Crippen LogP contribution in [0.2, 0.25) is 0 Å². The Bertz CT molecular complexity index is 1460. The molecule has 0 spiro atoms. The molecule has 2 aromatic carbocycles. The van der Waals surface area contributed by atoms with Gasteiger partial charge in [-0.3, -0.25) is 4.79 Å². The number of piperazine rings is 1. The monoisotopic (exact) mass is 473 g/mol. The molecule has 0 unspecified atom stereocenters. The molecule has 10 nitrogen and oxygen atoms in total. The number of carbonyl (C=O) groups excluding carboxylic acids is 1. The minimum atomic E-state index is -4.48. The molecular weight excluding hydrogens is 454 g/mol. The fourth-order valence-corrected chi connectivity index (χ4v) is 6.70. The Morgan fingerprint density at radius 3 is 2.44 bits per heavy atom. The molecule has 1 aliphatic rings. The van der Waals surface area contributed by atoms with E-state index in [4.69, 9.17) is 0 Å². The van der Waals surface area contributed by atoms with Gasteiger partial charge in [-0.15, -0.1) is 0 Å². The summed E-state index contributed by atoms with van der Waals surface area (Å²) in [6.07, 6.45) is 1.56. The Kier molecular flexibility index (Phi) is 5.51. The minimum absolute atomic E-state index is 0.0181. The number of aromatic nitrogens is 1. The molecule has 1 fully saturated rings. The Morgan fingerprint density at radius 1 is 1.06 bits per heavy atom. The van der Waals surface area contributed by atoms with Crippen molar-refractivity contribution in [1.82, 2.24) is 13.4 Å². The summed E-state index contributed by atoms with van der Waals surface area (Å²) in [6, 6.07) is 12.7. The lowest BCUT2D eigenvalue weighted by Crippen LogP contribution is -2.55. The Balaban J connectivity index is 1.57. The molecule has 0 radical (unpaired) electrons. The zero-order valence-electron chi connectivity index (χ0n) is 16.9. The first-order valence-electron chi connectivity index (χ1n) is 9.54. The van der Waals surface area contributed by atoms with Crippen LogP contribution < -0.4 is 9.03 Å². The second-order valence-corrected chi connectivity index (χ2v) is 10.9. The maximum absolute atomic E-state index is 12.9. The predicted octanol–water partition coefficient (Wildman–Crippen LogP) is 1.22. The van der Waals surface area contributed by atoms with Crippen molar-refractivity contribution in [2.24, 2.45) is 0 Å². The number of carbonyl (C=O) groups is 1. The highest BCUT2D eigenvalue weighted by atomic mass is 32.3. The van der Waals surface area contributed by atoms with Gasteiger partial charge in [-0.1, -0.05) is 28.4 Å². The first kappa shape index (κ1) is 22.0. The maximum Gasteiger partial charge on any atom is 0.293 e. The van der Waals surface area contributed by atoms with Crippen molar-refractivity contribution in [1.29, 1.82) is 5.26 Å². The minimum Gasteiger partial charge on any atom is -0.358 e. The third-order valence-electron chi connectivity index (χ3n) is 5.23. The summed E-state index contributed by atoms with van der Waals surface area (Å²) in [5.41, 5.74) is 2.45. The third kappa shape index (κ3) is 3.87. The lowest BCUT2D eigenvalue weighted by molar-refractivity contribution is -0.119. The molecule has 4 rings (SSSR count). The van der Waals surface area contributed by atoms with Gasteiger partial charge in [-0.25, -0.2) is 8.42 Å². The van der Waals surface area contributed by atoms with E-state index < -0.39 is 32.7 Å². The summed E-state index contributed by atoms with van der Waals surface area (Å²) in [5, 5.41) is 10.0. The van der Waals surface area contributed by atoms with Crippen LogP contribution in [-0.4, -0.2) is 51.7 Å². The van der Waals surface area contributed by atoms with Crippen LogP contribution in [0.5, 0.6) is 0 Å². The van der Waals surface area contributed by atoms with E-state index in [-0.39, 0.29) is 18.0 Å². The largest absolute Gasteiger partial charge is 0.358 e. The molecule has 2 N–H and O–H groups in total. The van der Waals surface area contributed by atoms with Crippen LogP contribution in [0.4, 0.5) is 5.69 Å². The molecule has 12 heteroatoms. The van der Waals surface area contributed by atoms with E-state index in [0.717, 1.165) is 9.87 Å². The lowest BCUT2D eigenvalue weighted by Gasteiger charge is -2.33. The fraction of sp³-hybridized carbons (Fsp3) is 0.200. The number of nitriles is 1. The molecule has 32 heavy (non-hydrogen) atoms. The van der Waals surface area contributed by atoms with Gasteiger partial charge < -0.3 is 9.88 Å². The zero-order valence-corrected chi connectivity index (χ0v) is 18.6. The quantitative estimate of drug-likeness (QED) is 0.570. The van der Waals surface area contributed by atoms with E-state index in [2.05, 4.69) is 11.1 Å². The highest BCUT2D eigenvalue weighted by Crippen LogP contribution is 2.32. The molecule has 0 atom stereocenters. The van der Waals surface area contributed by atoms with E-state index in [0.29, 0.717) is 22.2 Å². The van der Waals surface area contributed by atoms with Crippen molar-refractivity contribution < 1.29 is 21.6 Å². The highest BCUT2D eigenvalue weighted by Gasteiger charge is 2.36. The second kappa shape index (κ2) is 8.03. The number of hydrogen-bond donors (Lipinski definition) is 2. The van der Waals surface area contributed by atoms with Crippen LogP contribution in [0.25, 0.3) is 10.9 Å². The predicted molar refractivity (Wildman–Crippen MR) is 117 cm³/mol. The van der Waals surface area contributed by atoms with E-state index in [1.165, 1.54) is 29.2 Å². The van der Waals surface area contributed by atoms with Gasteiger partial charge in [0.25, 0.3) is 20.2 Å². The van der Waals surface area contributed by atoms with Crippen molar-refractivity contribution in [2.75, 3.05) is 24.5 Å². The van der Waals surface area contributed by atoms with Crippen LogP contribution in [0.15, 0.2) is 53.6 Å². The number of H-pyrrole nitrogens is 1. The van der Waals surface area contributed by atoms with Gasteiger partial charge in [0, 0.05) is 24.7 Å². The Labute approximate surface area is 185 Å². The van der Waals surface area contributed by atoms with Gasteiger partial charge in [-0.05, 0) is 30.7 Å². The second-order valence-electron chi connectivity index (χ2n) is 7.25. The van der Waals surface area contributed by atoms with Gasteiger partial charge >= 0.3 is 0 Å². The van der Waals surface area contributed by atoms with Crippen molar-refractivity contribution in [3.8, 4) is 6.07 Å². The molecule has 166 valence electrons. The zero-order chi connectivity index (χ0) is 23.1. The smallest absolute Gasteiger partial charge is 0.293 e. The number of anilines is 1. The molecule has 1 aromatic heterocycles. The standard InChI is InChI=1S/C20H19N5O5S2/c1-14-7-8-17(20-19(14)15(11-21)12-22-20)25-10-9-24(13-18(25)26)32(29,30)23-31(27,28)16-5-3-2-4-6-16/h2-8,12,22-23H,9-10,13H2,1H3. The van der Waals surface area contributed by atoms with Gasteiger partial charge in [0.1, 0.15) is 6.07 Å². The summed E-state index contributed by atoms with van der Waals surface area (Å²) in [7, 11) is -8.80. The first-order valence-corrected chi connectivity index (χ1v) is 12.5. The van der Waals surface area contributed by atoms with E-state index in [1.807, 2.05) is 6.92 Å². The van der Waals surface area contributed by atoms with Crippen molar-refractivity contribution in [2.45, 2.75) is 11.8 Å². The molecule has 2 heterocycles. The number of aromatic amines is 1. The number of benzene rings is 2. The number of fused-ring (bicyclic) bond motifs is 1. The van der Waals surface area contributed by atoms with Crippen LogP contribution in [0.1, 0.15) is 11.1 Å². The van der Waals surface area contributed by atoms with Crippen LogP contribution in [0.3, 0.4) is 0 Å². The average Bonchev–Trinajstić information content (AvgIpc) is 3.19. The van der Waals surface area contributed by atoms with Gasteiger partial charge in [0.2, 0.25) is 5.91 Å². The SMILES string of the molecule is Cc1ccc(N2CCN(S(=O)(=O)NS(=O)(=O)c3ccccc3)CC2=O)c2[nH]cc(C#N)c12. The van der Waals surface area contributed by atoms with Crippen molar-refractivity contribution in [3.63, 3.8) is 0 Å². The normalized spacial score (nSPS) is 15.8. The molecule has 0 bridgehead atoms. The highest BCUT2D eigenvalue weighted by molar-refractivity contribution is 8.03. The number of hydrogen-bond acceptors (Lipinski definition) is 6. The fourth-order valence-electron chi connectivity index (χ4n) is 3.67. The molecule has 0 aliphatic carbocycles. The van der Waals surface area contributed by atoms with Gasteiger partial charge in [0.05, 0.1) is 28.2 Å². The topological polar surface area (TPSA) is 143 Å². The molecule has 1 saturated heterocycles. The molecule has 3 aromatic rings. The van der Waals surface area contributed by atoms with Gasteiger partial charge in [0.15, 0.2) is 0 Å². The Hall–Kier alpha value is -3.24. The molecule has 1 amide bonds. The van der Waals surface area contributed by atoms with Crippen LogP contribution in [-0.2, 0) is 25.0 Å². The number of rotatable bonds is 5. The summed E-state index contributed by atoms with van der Waals surface area (Å²) >= 11 is 0. The van der Waals surface area contributed by atoms with E-state index in [1.54, 1.807) is 28.5 Å². The number of nitrogens with one attached hydrogen (secondary N) is 2. The van der Waals surface area contributed by atoms with Gasteiger partial charge in [-0.2, -0.15) is 18.0 Å². The van der Waals surface area contributed by atoms with Crippen LogP contribution >= 0.6 is 0 Å². The molecular formula is C20H19N5O5S2.